The fourth-order valence-electron chi connectivity index (χ4n) is 1.80. The largest absolute Gasteiger partial charge is 0.507 e. The molecule has 0 unspecified atom stereocenters. The van der Waals surface area contributed by atoms with Crippen molar-refractivity contribution in [1.29, 1.82) is 0 Å². The Morgan fingerprint density at radius 3 is 2.59 bits per heavy atom. The van der Waals surface area contributed by atoms with Crippen molar-refractivity contribution < 1.29 is 10.2 Å². The van der Waals surface area contributed by atoms with Gasteiger partial charge >= 0.3 is 0 Å². The highest BCUT2D eigenvalue weighted by Crippen LogP contribution is 2.28. The SMILES string of the molecule is Oc1ccc2nc(-c3ccccc3O)cn2c1. The van der Waals surface area contributed by atoms with Gasteiger partial charge in [0.2, 0.25) is 0 Å². The van der Waals surface area contributed by atoms with E-state index in [4.69, 9.17) is 0 Å². The topological polar surface area (TPSA) is 57.8 Å². The van der Waals surface area contributed by atoms with E-state index in [1.165, 1.54) is 0 Å². The summed E-state index contributed by atoms with van der Waals surface area (Å²) in [5.41, 5.74) is 2.07. The maximum absolute atomic E-state index is 9.75. The lowest BCUT2D eigenvalue weighted by atomic mass is 10.1. The van der Waals surface area contributed by atoms with Gasteiger partial charge in [-0.1, -0.05) is 12.1 Å². The lowest BCUT2D eigenvalue weighted by molar-refractivity contribution is 0.472. The predicted molar refractivity (Wildman–Crippen MR) is 64.0 cm³/mol. The number of fused-ring (bicyclic) bond motifs is 1. The number of nitrogens with zero attached hydrogens (tertiary/aromatic N) is 2. The highest BCUT2D eigenvalue weighted by atomic mass is 16.3. The first kappa shape index (κ1) is 9.72. The van der Waals surface area contributed by atoms with Crippen molar-refractivity contribution in [3.8, 4) is 22.8 Å². The summed E-state index contributed by atoms with van der Waals surface area (Å²) in [7, 11) is 0. The molecular weight excluding hydrogens is 216 g/mol. The van der Waals surface area contributed by atoms with E-state index in [2.05, 4.69) is 4.98 Å². The second kappa shape index (κ2) is 3.52. The first-order valence-corrected chi connectivity index (χ1v) is 5.20. The normalized spacial score (nSPS) is 10.8. The van der Waals surface area contributed by atoms with Gasteiger partial charge < -0.3 is 14.6 Å². The zero-order chi connectivity index (χ0) is 11.8. The minimum Gasteiger partial charge on any atom is -0.507 e. The third-order valence-corrected chi connectivity index (χ3v) is 2.62. The van der Waals surface area contributed by atoms with E-state index in [0.717, 1.165) is 5.65 Å². The lowest BCUT2D eigenvalue weighted by Gasteiger charge is -1.98. The van der Waals surface area contributed by atoms with Crippen molar-refractivity contribution in [2.75, 3.05) is 0 Å². The van der Waals surface area contributed by atoms with E-state index in [1.54, 1.807) is 47.1 Å². The molecule has 2 N–H and O–H groups in total. The Balaban J connectivity index is 2.22. The summed E-state index contributed by atoms with van der Waals surface area (Å²) < 4.78 is 1.72. The zero-order valence-electron chi connectivity index (χ0n) is 8.91. The molecule has 2 aromatic heterocycles. The Labute approximate surface area is 97.4 Å². The van der Waals surface area contributed by atoms with E-state index in [0.29, 0.717) is 11.3 Å². The molecule has 3 aromatic rings. The number of hydrogen-bond donors (Lipinski definition) is 2. The molecular formula is C13H10N2O2. The van der Waals surface area contributed by atoms with Crippen LogP contribution in [0.5, 0.6) is 11.5 Å². The Bertz CT molecular complexity index is 689. The lowest BCUT2D eigenvalue weighted by Crippen LogP contribution is -1.79. The summed E-state index contributed by atoms with van der Waals surface area (Å²) in [6.45, 7) is 0. The Kier molecular flexibility index (Phi) is 2.01. The van der Waals surface area contributed by atoms with Gasteiger partial charge in [0.25, 0.3) is 0 Å². The molecule has 2 heterocycles. The van der Waals surface area contributed by atoms with Crippen LogP contribution >= 0.6 is 0 Å². The van der Waals surface area contributed by atoms with Gasteiger partial charge in [-0.05, 0) is 24.3 Å². The summed E-state index contributed by atoms with van der Waals surface area (Å²) in [5, 5.41) is 19.1. The number of hydrogen-bond acceptors (Lipinski definition) is 3. The van der Waals surface area contributed by atoms with E-state index in [-0.39, 0.29) is 11.5 Å². The van der Waals surface area contributed by atoms with Crippen LogP contribution in [0.2, 0.25) is 0 Å². The van der Waals surface area contributed by atoms with Gasteiger partial charge in [0.05, 0.1) is 11.9 Å². The van der Waals surface area contributed by atoms with E-state index < -0.39 is 0 Å². The van der Waals surface area contributed by atoms with Crippen molar-refractivity contribution in [2.24, 2.45) is 0 Å². The third kappa shape index (κ3) is 1.59. The number of phenolic OH excluding ortho intramolecular Hbond substituents is 1. The fourth-order valence-corrected chi connectivity index (χ4v) is 1.80. The molecule has 3 rings (SSSR count). The van der Waals surface area contributed by atoms with Crippen LogP contribution in [0.4, 0.5) is 0 Å². The first-order valence-electron chi connectivity index (χ1n) is 5.20. The molecule has 0 aliphatic rings. The van der Waals surface area contributed by atoms with Gasteiger partial charge in [-0.15, -0.1) is 0 Å². The van der Waals surface area contributed by atoms with Gasteiger partial charge in [0, 0.05) is 11.8 Å². The number of benzene rings is 1. The summed E-state index contributed by atoms with van der Waals surface area (Å²) in [5.74, 6) is 0.374. The van der Waals surface area contributed by atoms with Crippen LogP contribution in [0, 0.1) is 0 Å². The van der Waals surface area contributed by atoms with Gasteiger partial charge in [0.1, 0.15) is 17.1 Å². The second-order valence-corrected chi connectivity index (χ2v) is 3.80. The fraction of sp³-hybridized carbons (Fsp3) is 0. The molecule has 0 radical (unpaired) electrons. The van der Waals surface area contributed by atoms with Gasteiger partial charge in [0.15, 0.2) is 0 Å². The van der Waals surface area contributed by atoms with Crippen molar-refractivity contribution in [2.45, 2.75) is 0 Å². The Morgan fingerprint density at radius 1 is 0.941 bits per heavy atom. The maximum atomic E-state index is 9.75. The van der Waals surface area contributed by atoms with Crippen LogP contribution in [0.1, 0.15) is 0 Å². The van der Waals surface area contributed by atoms with E-state index in [1.807, 2.05) is 6.07 Å². The predicted octanol–water partition coefficient (Wildman–Crippen LogP) is 2.41. The molecule has 84 valence electrons. The average Bonchev–Trinajstić information content (AvgIpc) is 2.72. The Hall–Kier alpha value is -2.49. The van der Waals surface area contributed by atoms with Crippen molar-refractivity contribution in [1.82, 2.24) is 9.38 Å². The molecule has 0 atom stereocenters. The molecule has 1 aromatic carbocycles. The monoisotopic (exact) mass is 226 g/mol. The minimum absolute atomic E-state index is 0.179. The van der Waals surface area contributed by atoms with E-state index >= 15 is 0 Å². The minimum atomic E-state index is 0.179. The average molecular weight is 226 g/mol. The number of rotatable bonds is 1. The molecule has 0 bridgehead atoms. The Morgan fingerprint density at radius 2 is 1.76 bits per heavy atom. The summed E-state index contributed by atoms with van der Waals surface area (Å²) in [6, 6.07) is 10.3. The number of phenols is 1. The van der Waals surface area contributed by atoms with Crippen LogP contribution in [0.3, 0.4) is 0 Å². The molecule has 0 aliphatic carbocycles. The van der Waals surface area contributed by atoms with Gasteiger partial charge in [-0.2, -0.15) is 0 Å². The number of aromatic hydroxyl groups is 2. The molecule has 0 amide bonds. The maximum Gasteiger partial charge on any atom is 0.137 e. The summed E-state index contributed by atoms with van der Waals surface area (Å²) in [4.78, 5) is 4.38. The van der Waals surface area contributed by atoms with Crippen LogP contribution in [0.15, 0.2) is 48.8 Å². The van der Waals surface area contributed by atoms with Crippen LogP contribution < -0.4 is 0 Å². The quantitative estimate of drug-likeness (QED) is 0.670. The number of pyridine rings is 1. The van der Waals surface area contributed by atoms with Gasteiger partial charge in [-0.3, -0.25) is 0 Å². The van der Waals surface area contributed by atoms with Gasteiger partial charge in [-0.25, -0.2) is 4.98 Å². The second-order valence-electron chi connectivity index (χ2n) is 3.80. The van der Waals surface area contributed by atoms with Crippen molar-refractivity contribution in [3.63, 3.8) is 0 Å². The molecule has 17 heavy (non-hydrogen) atoms. The zero-order valence-corrected chi connectivity index (χ0v) is 8.91. The van der Waals surface area contributed by atoms with E-state index in [9.17, 15) is 10.2 Å². The van der Waals surface area contributed by atoms with Crippen molar-refractivity contribution >= 4 is 5.65 Å². The molecule has 0 spiro atoms. The third-order valence-electron chi connectivity index (χ3n) is 2.62. The van der Waals surface area contributed by atoms with Crippen LogP contribution in [0.25, 0.3) is 16.9 Å². The number of aromatic nitrogens is 2. The smallest absolute Gasteiger partial charge is 0.137 e. The molecule has 4 heteroatoms. The standard InChI is InChI=1S/C13H10N2O2/c16-9-5-6-13-14-11(8-15(13)7-9)10-3-1-2-4-12(10)17/h1-8,16-17H. The molecule has 0 saturated carbocycles. The van der Waals surface area contributed by atoms with Crippen LogP contribution in [-0.4, -0.2) is 19.6 Å². The summed E-state index contributed by atoms with van der Waals surface area (Å²) >= 11 is 0. The highest BCUT2D eigenvalue weighted by Gasteiger charge is 2.08. The first-order chi connectivity index (χ1) is 8.24. The molecule has 0 aliphatic heterocycles. The number of para-hydroxylation sites is 1. The van der Waals surface area contributed by atoms with Crippen molar-refractivity contribution in [3.05, 3.63) is 48.8 Å². The summed E-state index contributed by atoms with van der Waals surface area (Å²) in [6.07, 6.45) is 3.34. The molecule has 0 saturated heterocycles. The van der Waals surface area contributed by atoms with Crippen LogP contribution in [-0.2, 0) is 0 Å². The highest BCUT2D eigenvalue weighted by molar-refractivity contribution is 5.68. The number of imidazole rings is 1. The molecule has 0 fully saturated rings. The molecule has 4 nitrogen and oxygen atoms in total.